The zero-order valence-electron chi connectivity index (χ0n) is 7.06. The lowest BCUT2D eigenvalue weighted by atomic mass is 9.97. The average Bonchev–Trinajstić information content (AvgIpc) is 1.21. The van der Waals surface area contributed by atoms with Crippen LogP contribution in [0.4, 0.5) is 0 Å². The largest absolute Gasteiger partial charge is 0.309 e. The first kappa shape index (κ1) is 12.4. The minimum Gasteiger partial charge on any atom is -0.309 e. The highest BCUT2D eigenvalue weighted by atomic mass is 127. The SMILES string of the molecule is CN(C)CC(C)(C)C.I. The van der Waals surface area contributed by atoms with E-state index in [0.717, 1.165) is 6.54 Å². The summed E-state index contributed by atoms with van der Waals surface area (Å²) in [6.45, 7) is 7.89. The van der Waals surface area contributed by atoms with Crippen LogP contribution in [0.25, 0.3) is 0 Å². The lowest BCUT2D eigenvalue weighted by Gasteiger charge is -2.22. The van der Waals surface area contributed by atoms with Gasteiger partial charge in [-0.25, -0.2) is 0 Å². The highest BCUT2D eigenvalue weighted by molar-refractivity contribution is 14.0. The molecule has 0 radical (unpaired) electrons. The Balaban J connectivity index is 0. The number of rotatable bonds is 1. The van der Waals surface area contributed by atoms with Crippen molar-refractivity contribution in [2.45, 2.75) is 20.8 Å². The van der Waals surface area contributed by atoms with E-state index in [0.29, 0.717) is 5.41 Å². The normalized spacial score (nSPS) is 11.3. The van der Waals surface area contributed by atoms with Crippen molar-refractivity contribution in [1.82, 2.24) is 4.90 Å². The highest BCUT2D eigenvalue weighted by Gasteiger charge is 2.09. The summed E-state index contributed by atoms with van der Waals surface area (Å²) in [6, 6.07) is 0. The Kier molecular flexibility index (Phi) is 6.18. The Morgan fingerprint density at radius 3 is 1.44 bits per heavy atom. The van der Waals surface area contributed by atoms with Gasteiger partial charge in [-0.1, -0.05) is 20.8 Å². The molecule has 0 saturated heterocycles. The molecule has 0 aliphatic rings. The van der Waals surface area contributed by atoms with E-state index in [1.165, 1.54) is 0 Å². The van der Waals surface area contributed by atoms with Crippen molar-refractivity contribution in [1.29, 1.82) is 0 Å². The fraction of sp³-hybridized carbons (Fsp3) is 1.00. The van der Waals surface area contributed by atoms with Crippen molar-refractivity contribution in [3.63, 3.8) is 0 Å². The number of halogens is 1. The van der Waals surface area contributed by atoms with E-state index in [9.17, 15) is 0 Å². The minimum atomic E-state index is 0. The first-order chi connectivity index (χ1) is 3.42. The second-order valence-corrected chi connectivity index (χ2v) is 3.80. The molecule has 0 aliphatic heterocycles. The Morgan fingerprint density at radius 1 is 1.11 bits per heavy atom. The minimum absolute atomic E-state index is 0. The molecule has 0 aliphatic carbocycles. The van der Waals surface area contributed by atoms with Gasteiger partial charge in [0.25, 0.3) is 0 Å². The Morgan fingerprint density at radius 2 is 1.44 bits per heavy atom. The van der Waals surface area contributed by atoms with Crippen molar-refractivity contribution in [3.05, 3.63) is 0 Å². The fourth-order valence-electron chi connectivity index (χ4n) is 0.949. The average molecular weight is 243 g/mol. The van der Waals surface area contributed by atoms with Gasteiger partial charge >= 0.3 is 0 Å². The summed E-state index contributed by atoms with van der Waals surface area (Å²) in [5.74, 6) is 0. The molecule has 0 aromatic heterocycles. The van der Waals surface area contributed by atoms with E-state index in [1.807, 2.05) is 0 Å². The summed E-state index contributed by atoms with van der Waals surface area (Å²) in [7, 11) is 4.20. The summed E-state index contributed by atoms with van der Waals surface area (Å²) in [6.07, 6.45) is 0. The van der Waals surface area contributed by atoms with Gasteiger partial charge in [0.15, 0.2) is 0 Å². The van der Waals surface area contributed by atoms with Crippen LogP contribution in [0.15, 0.2) is 0 Å². The van der Waals surface area contributed by atoms with Gasteiger partial charge in [-0.3, -0.25) is 0 Å². The predicted octanol–water partition coefficient (Wildman–Crippen LogP) is 2.21. The molecular formula is C7H18IN. The maximum Gasteiger partial charge on any atom is 0.00239 e. The summed E-state index contributed by atoms with van der Waals surface area (Å²) in [5.41, 5.74) is 0.448. The first-order valence-corrected chi connectivity index (χ1v) is 3.06. The standard InChI is InChI=1S/C7H17N.HI/c1-7(2,3)6-8(4)5;/h6H2,1-5H3;1H. The molecule has 0 aromatic carbocycles. The molecular weight excluding hydrogens is 225 g/mol. The predicted molar refractivity (Wildman–Crippen MR) is 53.4 cm³/mol. The Hall–Kier alpha value is 0.690. The molecule has 0 saturated carbocycles. The zero-order valence-corrected chi connectivity index (χ0v) is 9.39. The molecule has 2 heteroatoms. The van der Waals surface area contributed by atoms with Gasteiger partial charge in [-0.2, -0.15) is 0 Å². The van der Waals surface area contributed by atoms with Gasteiger partial charge in [-0.05, 0) is 19.5 Å². The van der Waals surface area contributed by atoms with Crippen LogP contribution in [0.3, 0.4) is 0 Å². The van der Waals surface area contributed by atoms with Gasteiger partial charge in [0.05, 0.1) is 0 Å². The van der Waals surface area contributed by atoms with Gasteiger partial charge in [0.1, 0.15) is 0 Å². The van der Waals surface area contributed by atoms with Gasteiger partial charge in [-0.15, -0.1) is 24.0 Å². The molecule has 58 valence electrons. The molecule has 0 aromatic rings. The molecule has 0 heterocycles. The quantitative estimate of drug-likeness (QED) is 0.638. The molecule has 0 rings (SSSR count). The summed E-state index contributed by atoms with van der Waals surface area (Å²) in [4.78, 5) is 2.21. The molecule has 0 N–H and O–H groups in total. The van der Waals surface area contributed by atoms with Crippen molar-refractivity contribution in [2.75, 3.05) is 20.6 Å². The van der Waals surface area contributed by atoms with Crippen LogP contribution in [0.1, 0.15) is 20.8 Å². The van der Waals surface area contributed by atoms with Crippen LogP contribution in [0.2, 0.25) is 0 Å². The maximum atomic E-state index is 2.24. The van der Waals surface area contributed by atoms with Crippen LogP contribution < -0.4 is 0 Å². The molecule has 0 spiro atoms. The van der Waals surface area contributed by atoms with Crippen LogP contribution in [0.5, 0.6) is 0 Å². The molecule has 1 nitrogen and oxygen atoms in total. The second kappa shape index (κ2) is 4.50. The Labute approximate surface area is 75.8 Å². The summed E-state index contributed by atoms with van der Waals surface area (Å²) < 4.78 is 0. The van der Waals surface area contributed by atoms with Crippen molar-refractivity contribution < 1.29 is 0 Å². The Bertz CT molecular complexity index is 63.8. The summed E-state index contributed by atoms with van der Waals surface area (Å²) >= 11 is 0. The second-order valence-electron chi connectivity index (χ2n) is 3.80. The topological polar surface area (TPSA) is 3.24 Å². The zero-order chi connectivity index (χ0) is 6.78. The van der Waals surface area contributed by atoms with Gasteiger partial charge < -0.3 is 4.90 Å². The van der Waals surface area contributed by atoms with Crippen LogP contribution in [-0.2, 0) is 0 Å². The molecule has 0 amide bonds. The number of nitrogens with zero attached hydrogens (tertiary/aromatic N) is 1. The lowest BCUT2D eigenvalue weighted by molar-refractivity contribution is 0.263. The smallest absolute Gasteiger partial charge is 0.00239 e. The third-order valence-electron chi connectivity index (χ3n) is 0.791. The third kappa shape index (κ3) is 12.0. The maximum absolute atomic E-state index is 2.24. The van der Waals surface area contributed by atoms with E-state index < -0.39 is 0 Å². The molecule has 0 bridgehead atoms. The van der Waals surface area contributed by atoms with Gasteiger partial charge in [0, 0.05) is 6.54 Å². The van der Waals surface area contributed by atoms with E-state index in [-0.39, 0.29) is 24.0 Å². The lowest BCUT2D eigenvalue weighted by Crippen LogP contribution is -2.25. The van der Waals surface area contributed by atoms with E-state index in [1.54, 1.807) is 0 Å². The first-order valence-electron chi connectivity index (χ1n) is 3.06. The summed E-state index contributed by atoms with van der Waals surface area (Å²) in [5, 5.41) is 0. The monoisotopic (exact) mass is 243 g/mol. The van der Waals surface area contributed by atoms with E-state index >= 15 is 0 Å². The van der Waals surface area contributed by atoms with Gasteiger partial charge in [0.2, 0.25) is 0 Å². The molecule has 0 atom stereocenters. The molecule has 9 heavy (non-hydrogen) atoms. The molecule has 0 fully saturated rings. The van der Waals surface area contributed by atoms with Crippen LogP contribution in [-0.4, -0.2) is 25.5 Å². The number of hydrogen-bond donors (Lipinski definition) is 0. The van der Waals surface area contributed by atoms with Crippen LogP contribution >= 0.6 is 24.0 Å². The number of hydrogen-bond acceptors (Lipinski definition) is 1. The van der Waals surface area contributed by atoms with Crippen molar-refractivity contribution in [3.8, 4) is 0 Å². The van der Waals surface area contributed by atoms with Crippen molar-refractivity contribution >= 4 is 24.0 Å². The molecule has 0 unspecified atom stereocenters. The van der Waals surface area contributed by atoms with Crippen LogP contribution in [0, 0.1) is 5.41 Å². The highest BCUT2D eigenvalue weighted by Crippen LogP contribution is 2.12. The van der Waals surface area contributed by atoms with Crippen molar-refractivity contribution in [2.24, 2.45) is 5.41 Å². The third-order valence-corrected chi connectivity index (χ3v) is 0.791. The van der Waals surface area contributed by atoms with E-state index in [4.69, 9.17) is 0 Å². The van der Waals surface area contributed by atoms with E-state index in [2.05, 4.69) is 39.8 Å². The fourth-order valence-corrected chi connectivity index (χ4v) is 0.949.